The van der Waals surface area contributed by atoms with E-state index >= 15 is 0 Å². The van der Waals surface area contributed by atoms with Gasteiger partial charge in [0.25, 0.3) is 0 Å². The number of amides is 1. The van der Waals surface area contributed by atoms with Gasteiger partial charge in [0.15, 0.2) is 0 Å². The Kier molecular flexibility index (Phi) is 9.84. The molecule has 3 N–H and O–H groups in total. The minimum absolute atomic E-state index is 0. The average molecular weight is 385 g/mol. The number of carbonyl (C=O) groups is 1. The smallest absolute Gasteiger partial charge is 0.419 e. The molecule has 1 amide bonds. The van der Waals surface area contributed by atoms with Crippen molar-refractivity contribution in [3.05, 3.63) is 29.8 Å². The summed E-state index contributed by atoms with van der Waals surface area (Å²) in [6.45, 7) is 1.40. The maximum atomic E-state index is 12.8. The predicted octanol–water partition coefficient (Wildman–Crippen LogP) is 2.45. The van der Waals surface area contributed by atoms with Crippen molar-refractivity contribution in [1.29, 1.82) is 0 Å². The molecule has 0 aliphatic rings. The van der Waals surface area contributed by atoms with Gasteiger partial charge in [-0.1, -0.05) is 12.1 Å². The number of alkyl halides is 3. The van der Waals surface area contributed by atoms with Gasteiger partial charge >= 0.3 is 6.18 Å². The van der Waals surface area contributed by atoms with Crippen LogP contribution >= 0.6 is 12.4 Å². The number of halogens is 4. The van der Waals surface area contributed by atoms with E-state index in [1.165, 1.54) is 30.1 Å². The summed E-state index contributed by atoms with van der Waals surface area (Å²) in [5, 5.41) is 9.88. The number of para-hydroxylation sites is 1. The number of nitrogens with two attached hydrogens (primary N) is 1. The van der Waals surface area contributed by atoms with Gasteiger partial charge in [-0.3, -0.25) is 4.79 Å². The molecule has 5 nitrogen and oxygen atoms in total. The molecule has 0 bridgehead atoms. The van der Waals surface area contributed by atoms with Crippen molar-refractivity contribution in [3.8, 4) is 5.75 Å². The fraction of sp³-hybridized carbons (Fsp3) is 0.562. The maximum Gasteiger partial charge on any atom is 0.419 e. The number of nitrogens with zero attached hydrogens (tertiary/aromatic N) is 1. The SMILES string of the molecule is CC(N)CCC(=O)N(C)CC(O)COc1ccccc1C(F)(F)F.Cl. The number of benzene rings is 1. The maximum absolute atomic E-state index is 12.8. The molecule has 0 saturated carbocycles. The Morgan fingerprint density at radius 2 is 1.96 bits per heavy atom. The van der Waals surface area contributed by atoms with Crippen LogP contribution in [0.4, 0.5) is 13.2 Å². The quantitative estimate of drug-likeness (QED) is 0.722. The lowest BCUT2D eigenvalue weighted by Crippen LogP contribution is -2.37. The molecule has 1 aromatic carbocycles. The fourth-order valence-corrected chi connectivity index (χ4v) is 2.03. The third kappa shape index (κ3) is 8.42. The Bertz CT molecular complexity index is 542. The summed E-state index contributed by atoms with van der Waals surface area (Å²) in [6, 6.07) is 4.67. The van der Waals surface area contributed by atoms with Crippen LogP contribution in [0.3, 0.4) is 0 Å². The number of hydrogen-bond acceptors (Lipinski definition) is 4. The molecule has 0 spiro atoms. The second-order valence-electron chi connectivity index (χ2n) is 5.75. The number of hydrogen-bond donors (Lipinski definition) is 2. The third-order valence-electron chi connectivity index (χ3n) is 3.35. The number of rotatable bonds is 8. The summed E-state index contributed by atoms with van der Waals surface area (Å²) in [5.41, 5.74) is 4.67. The number of likely N-dealkylation sites (N-methyl/N-ethyl adjacent to an activating group) is 1. The standard InChI is InChI=1S/C16H23F3N2O3.ClH/c1-11(20)7-8-15(23)21(2)9-12(22)10-24-14-6-4-3-5-13(14)16(17,18)19;/h3-6,11-12,22H,7-10,20H2,1-2H3;1H. The topological polar surface area (TPSA) is 75.8 Å². The first-order valence-electron chi connectivity index (χ1n) is 7.58. The minimum atomic E-state index is -4.53. The summed E-state index contributed by atoms with van der Waals surface area (Å²) in [5.74, 6) is -0.544. The predicted molar refractivity (Wildman–Crippen MR) is 90.7 cm³/mol. The molecule has 9 heteroatoms. The molecule has 2 unspecified atom stereocenters. The Morgan fingerprint density at radius 1 is 1.36 bits per heavy atom. The van der Waals surface area contributed by atoms with Crippen LogP contribution in [0.2, 0.25) is 0 Å². The van der Waals surface area contributed by atoms with Gasteiger partial charge in [-0.25, -0.2) is 0 Å². The van der Waals surface area contributed by atoms with Gasteiger partial charge in [0.1, 0.15) is 18.5 Å². The third-order valence-corrected chi connectivity index (χ3v) is 3.35. The summed E-state index contributed by atoms with van der Waals surface area (Å²) in [4.78, 5) is 13.1. The molecule has 1 aromatic rings. The second kappa shape index (κ2) is 10.5. The lowest BCUT2D eigenvalue weighted by atomic mass is 10.2. The zero-order valence-corrected chi connectivity index (χ0v) is 14.9. The summed E-state index contributed by atoms with van der Waals surface area (Å²) >= 11 is 0. The van der Waals surface area contributed by atoms with Crippen LogP contribution in [-0.4, -0.2) is 48.3 Å². The van der Waals surface area contributed by atoms with Crippen LogP contribution in [-0.2, 0) is 11.0 Å². The minimum Gasteiger partial charge on any atom is -0.490 e. The van der Waals surface area contributed by atoms with E-state index in [-0.39, 0.29) is 49.7 Å². The van der Waals surface area contributed by atoms with Gasteiger partial charge in [-0.2, -0.15) is 13.2 Å². The molecule has 0 radical (unpaired) electrons. The Hall–Kier alpha value is -1.51. The second-order valence-corrected chi connectivity index (χ2v) is 5.75. The first kappa shape index (κ1) is 23.5. The van der Waals surface area contributed by atoms with Crippen molar-refractivity contribution >= 4 is 18.3 Å². The van der Waals surface area contributed by atoms with E-state index in [4.69, 9.17) is 10.5 Å². The highest BCUT2D eigenvalue weighted by atomic mass is 35.5. The molecular weight excluding hydrogens is 361 g/mol. The highest BCUT2D eigenvalue weighted by molar-refractivity contribution is 5.85. The fourth-order valence-electron chi connectivity index (χ4n) is 2.03. The molecule has 0 aliphatic carbocycles. The molecule has 25 heavy (non-hydrogen) atoms. The van der Waals surface area contributed by atoms with Crippen molar-refractivity contribution in [1.82, 2.24) is 4.90 Å². The van der Waals surface area contributed by atoms with Gasteiger partial charge in [-0.05, 0) is 25.5 Å². The summed E-state index contributed by atoms with van der Waals surface area (Å²) in [6.07, 6.45) is -4.86. The van der Waals surface area contributed by atoms with Crippen molar-refractivity contribution in [3.63, 3.8) is 0 Å². The molecule has 0 heterocycles. The Balaban J connectivity index is 0.00000576. The molecule has 0 aliphatic heterocycles. The van der Waals surface area contributed by atoms with Crippen LogP contribution < -0.4 is 10.5 Å². The molecule has 2 atom stereocenters. The highest BCUT2D eigenvalue weighted by Gasteiger charge is 2.34. The van der Waals surface area contributed by atoms with Crippen LogP contribution in [0.1, 0.15) is 25.3 Å². The zero-order valence-electron chi connectivity index (χ0n) is 14.1. The molecular formula is C16H24ClF3N2O3. The summed E-state index contributed by atoms with van der Waals surface area (Å²) in [7, 11) is 1.51. The Morgan fingerprint density at radius 3 is 2.52 bits per heavy atom. The van der Waals surface area contributed by atoms with Gasteiger partial charge < -0.3 is 20.5 Å². The first-order valence-corrected chi connectivity index (χ1v) is 7.58. The van der Waals surface area contributed by atoms with Crippen molar-refractivity contribution in [2.24, 2.45) is 5.73 Å². The highest BCUT2D eigenvalue weighted by Crippen LogP contribution is 2.35. The van der Waals surface area contributed by atoms with E-state index in [0.717, 1.165) is 6.07 Å². The van der Waals surface area contributed by atoms with Crippen LogP contribution in [0.15, 0.2) is 24.3 Å². The largest absolute Gasteiger partial charge is 0.490 e. The lowest BCUT2D eigenvalue weighted by molar-refractivity contribution is -0.139. The molecule has 144 valence electrons. The Labute approximate surface area is 151 Å². The molecule has 0 aromatic heterocycles. The van der Waals surface area contributed by atoms with E-state index in [1.54, 1.807) is 6.92 Å². The van der Waals surface area contributed by atoms with Crippen molar-refractivity contribution in [2.45, 2.75) is 38.1 Å². The lowest BCUT2D eigenvalue weighted by Gasteiger charge is -2.22. The van der Waals surface area contributed by atoms with Crippen molar-refractivity contribution < 1.29 is 27.8 Å². The van der Waals surface area contributed by atoms with Gasteiger partial charge in [-0.15, -0.1) is 12.4 Å². The average Bonchev–Trinajstić information content (AvgIpc) is 2.49. The van der Waals surface area contributed by atoms with Gasteiger partial charge in [0.05, 0.1) is 5.56 Å². The molecule has 0 fully saturated rings. The van der Waals surface area contributed by atoms with Crippen molar-refractivity contribution in [2.75, 3.05) is 20.2 Å². The first-order chi connectivity index (χ1) is 11.1. The van der Waals surface area contributed by atoms with Crippen LogP contribution in [0.5, 0.6) is 5.75 Å². The van der Waals surface area contributed by atoms with E-state index in [0.29, 0.717) is 6.42 Å². The van der Waals surface area contributed by atoms with E-state index in [9.17, 15) is 23.1 Å². The zero-order chi connectivity index (χ0) is 18.3. The molecule has 1 rings (SSSR count). The number of aliphatic hydroxyl groups is 1. The molecule has 0 saturated heterocycles. The van der Waals surface area contributed by atoms with E-state index in [1.807, 2.05) is 0 Å². The van der Waals surface area contributed by atoms with Crippen LogP contribution in [0.25, 0.3) is 0 Å². The number of carbonyl (C=O) groups excluding carboxylic acids is 1. The van der Waals surface area contributed by atoms with E-state index < -0.39 is 17.8 Å². The number of aliphatic hydroxyl groups excluding tert-OH is 1. The summed E-state index contributed by atoms with van der Waals surface area (Å²) < 4.78 is 43.6. The van der Waals surface area contributed by atoms with Gasteiger partial charge in [0, 0.05) is 26.1 Å². The van der Waals surface area contributed by atoms with Gasteiger partial charge in [0.2, 0.25) is 5.91 Å². The monoisotopic (exact) mass is 384 g/mol. The van der Waals surface area contributed by atoms with Crippen LogP contribution in [0, 0.1) is 0 Å². The normalized spacial score (nSPS) is 13.6. The number of ether oxygens (including phenoxy) is 1. The van der Waals surface area contributed by atoms with E-state index in [2.05, 4.69) is 0 Å².